The van der Waals surface area contributed by atoms with Gasteiger partial charge in [-0.1, -0.05) is 29.8 Å². The number of piperazine rings is 1. The lowest BCUT2D eigenvalue weighted by Crippen LogP contribution is -2.48. The van der Waals surface area contributed by atoms with Crippen LogP contribution in [0.3, 0.4) is 0 Å². The first-order valence-corrected chi connectivity index (χ1v) is 9.54. The highest BCUT2D eigenvalue weighted by Gasteiger charge is 2.20. The SMILES string of the molecule is Cc1ccc(NC(=O)CN2CCN(Cc3cccc(Br)c3F)CC2)cc1. The molecule has 1 fully saturated rings. The summed E-state index contributed by atoms with van der Waals surface area (Å²) in [4.78, 5) is 16.6. The normalized spacial score (nSPS) is 15.8. The van der Waals surface area contributed by atoms with Crippen LogP contribution in [0.5, 0.6) is 0 Å². The summed E-state index contributed by atoms with van der Waals surface area (Å²) < 4.78 is 14.6. The van der Waals surface area contributed by atoms with E-state index in [9.17, 15) is 9.18 Å². The number of hydrogen-bond donors (Lipinski definition) is 1. The van der Waals surface area contributed by atoms with Gasteiger partial charge in [0.15, 0.2) is 0 Å². The molecule has 2 aromatic rings. The van der Waals surface area contributed by atoms with Crippen LogP contribution in [0.25, 0.3) is 0 Å². The van der Waals surface area contributed by atoms with Gasteiger partial charge >= 0.3 is 0 Å². The van der Waals surface area contributed by atoms with Gasteiger partial charge in [0, 0.05) is 44.0 Å². The van der Waals surface area contributed by atoms with Gasteiger partial charge in [-0.25, -0.2) is 4.39 Å². The average Bonchev–Trinajstić information content (AvgIpc) is 2.62. The summed E-state index contributed by atoms with van der Waals surface area (Å²) >= 11 is 3.23. The van der Waals surface area contributed by atoms with Gasteiger partial charge in [-0.05, 0) is 41.1 Å². The smallest absolute Gasteiger partial charge is 0.238 e. The van der Waals surface area contributed by atoms with E-state index in [0.29, 0.717) is 23.1 Å². The van der Waals surface area contributed by atoms with Crippen LogP contribution >= 0.6 is 15.9 Å². The second-order valence-corrected chi connectivity index (χ2v) is 7.53. The molecule has 26 heavy (non-hydrogen) atoms. The predicted molar refractivity (Wildman–Crippen MR) is 106 cm³/mol. The predicted octanol–water partition coefficient (Wildman–Crippen LogP) is 3.65. The minimum Gasteiger partial charge on any atom is -0.325 e. The fourth-order valence-corrected chi connectivity index (χ4v) is 3.46. The zero-order valence-corrected chi connectivity index (χ0v) is 16.4. The Morgan fingerprint density at radius 3 is 2.42 bits per heavy atom. The summed E-state index contributed by atoms with van der Waals surface area (Å²) in [5.74, 6) is -0.187. The van der Waals surface area contributed by atoms with Crippen LogP contribution < -0.4 is 5.32 Å². The highest BCUT2D eigenvalue weighted by Crippen LogP contribution is 2.20. The summed E-state index contributed by atoms with van der Waals surface area (Å²) in [7, 11) is 0. The first-order chi connectivity index (χ1) is 12.5. The first-order valence-electron chi connectivity index (χ1n) is 8.75. The van der Waals surface area contributed by atoms with Crippen LogP contribution in [-0.2, 0) is 11.3 Å². The van der Waals surface area contributed by atoms with Crippen LogP contribution in [0, 0.1) is 12.7 Å². The number of anilines is 1. The van der Waals surface area contributed by atoms with Crippen molar-refractivity contribution in [1.82, 2.24) is 9.80 Å². The van der Waals surface area contributed by atoms with Crippen molar-refractivity contribution in [3.63, 3.8) is 0 Å². The summed E-state index contributed by atoms with van der Waals surface area (Å²) in [6.07, 6.45) is 0. The Labute approximate surface area is 162 Å². The zero-order chi connectivity index (χ0) is 18.5. The van der Waals surface area contributed by atoms with Gasteiger partial charge in [-0.15, -0.1) is 0 Å². The molecule has 1 aliphatic heterocycles. The standard InChI is InChI=1S/C20H23BrFN3O/c1-15-5-7-17(8-6-15)23-19(26)14-25-11-9-24(10-12-25)13-16-3-2-4-18(21)20(16)22/h2-8H,9-14H2,1H3,(H,23,26). The Bertz CT molecular complexity index is 758. The Balaban J connectivity index is 1.45. The molecular weight excluding hydrogens is 397 g/mol. The molecule has 2 aromatic carbocycles. The first kappa shape index (κ1) is 19.0. The Hall–Kier alpha value is -1.76. The number of nitrogens with one attached hydrogen (secondary N) is 1. The van der Waals surface area contributed by atoms with Gasteiger partial charge in [-0.3, -0.25) is 14.6 Å². The second kappa shape index (κ2) is 8.75. The molecule has 3 rings (SSSR count). The molecule has 0 atom stereocenters. The van der Waals surface area contributed by atoms with E-state index in [1.807, 2.05) is 43.3 Å². The summed E-state index contributed by atoms with van der Waals surface area (Å²) in [6.45, 7) is 6.24. The van der Waals surface area contributed by atoms with Crippen molar-refractivity contribution in [3.05, 3.63) is 63.9 Å². The van der Waals surface area contributed by atoms with E-state index >= 15 is 0 Å². The summed E-state index contributed by atoms with van der Waals surface area (Å²) in [6, 6.07) is 13.2. The van der Waals surface area contributed by atoms with Crippen molar-refractivity contribution in [2.75, 3.05) is 38.0 Å². The molecule has 1 heterocycles. The number of carbonyl (C=O) groups excluding carboxylic acids is 1. The number of nitrogens with zero attached hydrogens (tertiary/aromatic N) is 2. The molecule has 1 N–H and O–H groups in total. The molecule has 1 amide bonds. The largest absolute Gasteiger partial charge is 0.325 e. The van der Waals surface area contributed by atoms with Gasteiger partial charge in [-0.2, -0.15) is 0 Å². The van der Waals surface area contributed by atoms with E-state index in [2.05, 4.69) is 31.0 Å². The molecule has 1 saturated heterocycles. The van der Waals surface area contributed by atoms with E-state index in [1.54, 1.807) is 6.07 Å². The van der Waals surface area contributed by atoms with Crippen LogP contribution in [0.4, 0.5) is 10.1 Å². The minimum absolute atomic E-state index is 0.000312. The molecular formula is C20H23BrFN3O. The Morgan fingerprint density at radius 2 is 1.73 bits per heavy atom. The third kappa shape index (κ3) is 5.13. The number of amides is 1. The monoisotopic (exact) mass is 419 g/mol. The molecule has 0 radical (unpaired) electrons. The molecule has 0 aliphatic carbocycles. The average molecular weight is 420 g/mol. The topological polar surface area (TPSA) is 35.6 Å². The van der Waals surface area contributed by atoms with Crippen LogP contribution in [-0.4, -0.2) is 48.4 Å². The zero-order valence-electron chi connectivity index (χ0n) is 14.8. The van der Waals surface area contributed by atoms with E-state index < -0.39 is 0 Å². The van der Waals surface area contributed by atoms with Crippen molar-refractivity contribution in [1.29, 1.82) is 0 Å². The Morgan fingerprint density at radius 1 is 1.08 bits per heavy atom. The molecule has 138 valence electrons. The van der Waals surface area contributed by atoms with E-state index in [-0.39, 0.29) is 11.7 Å². The number of benzene rings is 2. The fraction of sp³-hybridized carbons (Fsp3) is 0.350. The van der Waals surface area contributed by atoms with Crippen LogP contribution in [0.15, 0.2) is 46.9 Å². The van der Waals surface area contributed by atoms with Crippen molar-refractivity contribution in [2.45, 2.75) is 13.5 Å². The van der Waals surface area contributed by atoms with E-state index in [1.165, 1.54) is 5.56 Å². The van der Waals surface area contributed by atoms with E-state index in [4.69, 9.17) is 0 Å². The molecule has 0 aromatic heterocycles. The van der Waals surface area contributed by atoms with Crippen molar-refractivity contribution in [3.8, 4) is 0 Å². The number of aryl methyl sites for hydroxylation is 1. The summed E-state index contributed by atoms with van der Waals surface area (Å²) in [5, 5.41) is 2.93. The number of carbonyl (C=O) groups is 1. The van der Waals surface area contributed by atoms with Crippen LogP contribution in [0.1, 0.15) is 11.1 Å². The van der Waals surface area contributed by atoms with Gasteiger partial charge in [0.05, 0.1) is 11.0 Å². The Kier molecular flexibility index (Phi) is 6.40. The molecule has 1 aliphatic rings. The minimum atomic E-state index is -0.188. The molecule has 6 heteroatoms. The van der Waals surface area contributed by atoms with Crippen molar-refractivity contribution >= 4 is 27.5 Å². The number of rotatable bonds is 5. The number of hydrogen-bond acceptors (Lipinski definition) is 3. The molecule has 0 saturated carbocycles. The maximum atomic E-state index is 14.1. The van der Waals surface area contributed by atoms with E-state index in [0.717, 1.165) is 31.9 Å². The third-order valence-corrected chi connectivity index (χ3v) is 5.21. The molecule has 0 bridgehead atoms. The lowest BCUT2D eigenvalue weighted by atomic mass is 10.2. The van der Waals surface area contributed by atoms with Gasteiger partial charge < -0.3 is 5.32 Å². The third-order valence-electron chi connectivity index (χ3n) is 4.59. The van der Waals surface area contributed by atoms with Crippen molar-refractivity contribution in [2.24, 2.45) is 0 Å². The maximum absolute atomic E-state index is 14.1. The van der Waals surface area contributed by atoms with Gasteiger partial charge in [0.2, 0.25) is 5.91 Å². The molecule has 0 unspecified atom stereocenters. The highest BCUT2D eigenvalue weighted by atomic mass is 79.9. The van der Waals surface area contributed by atoms with Gasteiger partial charge in [0.1, 0.15) is 5.82 Å². The molecule has 0 spiro atoms. The molecule has 4 nitrogen and oxygen atoms in total. The van der Waals surface area contributed by atoms with Gasteiger partial charge in [0.25, 0.3) is 0 Å². The summed E-state index contributed by atoms with van der Waals surface area (Å²) in [5.41, 5.74) is 2.69. The lowest BCUT2D eigenvalue weighted by Gasteiger charge is -2.34. The quantitative estimate of drug-likeness (QED) is 0.802. The number of halogens is 2. The van der Waals surface area contributed by atoms with Crippen LogP contribution in [0.2, 0.25) is 0 Å². The maximum Gasteiger partial charge on any atom is 0.238 e. The lowest BCUT2D eigenvalue weighted by molar-refractivity contribution is -0.117. The van der Waals surface area contributed by atoms with Crippen molar-refractivity contribution < 1.29 is 9.18 Å². The highest BCUT2D eigenvalue weighted by molar-refractivity contribution is 9.10. The second-order valence-electron chi connectivity index (χ2n) is 6.68. The fourth-order valence-electron chi connectivity index (χ4n) is 3.06.